The Morgan fingerprint density at radius 3 is 2.70 bits per heavy atom. The molecule has 0 radical (unpaired) electrons. The standard InChI is InChI=1S/C14H21BrN2O3/c1-5-20-13-11(15)8-10(9-12(13)19-4)14(18)17(3)7-6-16-2/h8-9,16H,5-7H2,1-4H3. The van der Waals surface area contributed by atoms with E-state index in [0.717, 1.165) is 6.54 Å². The highest BCUT2D eigenvalue weighted by molar-refractivity contribution is 9.10. The third kappa shape index (κ3) is 4.11. The van der Waals surface area contributed by atoms with Crippen LogP contribution in [-0.4, -0.2) is 51.7 Å². The van der Waals surface area contributed by atoms with Gasteiger partial charge in [-0.25, -0.2) is 0 Å². The van der Waals surface area contributed by atoms with Crippen LogP contribution in [0, 0.1) is 0 Å². The minimum atomic E-state index is -0.0534. The number of carbonyl (C=O) groups is 1. The SMILES string of the molecule is CCOc1c(Br)cc(C(=O)N(C)CCNC)cc1OC. The molecule has 0 aliphatic rings. The molecule has 1 rings (SSSR count). The Balaban J connectivity index is 3.01. The molecule has 0 aliphatic carbocycles. The van der Waals surface area contributed by atoms with E-state index in [-0.39, 0.29) is 5.91 Å². The maximum absolute atomic E-state index is 12.3. The molecular formula is C14H21BrN2O3. The zero-order chi connectivity index (χ0) is 15.1. The minimum Gasteiger partial charge on any atom is -0.493 e. The van der Waals surface area contributed by atoms with Crippen molar-refractivity contribution in [3.63, 3.8) is 0 Å². The van der Waals surface area contributed by atoms with E-state index in [1.54, 1.807) is 31.2 Å². The number of rotatable bonds is 7. The summed E-state index contributed by atoms with van der Waals surface area (Å²) in [5.74, 6) is 1.11. The van der Waals surface area contributed by atoms with E-state index < -0.39 is 0 Å². The summed E-state index contributed by atoms with van der Waals surface area (Å²) >= 11 is 3.42. The number of hydrogen-bond donors (Lipinski definition) is 1. The largest absolute Gasteiger partial charge is 0.493 e. The number of carbonyl (C=O) groups excluding carboxylic acids is 1. The molecule has 20 heavy (non-hydrogen) atoms. The lowest BCUT2D eigenvalue weighted by molar-refractivity contribution is 0.0796. The molecular weight excluding hydrogens is 324 g/mol. The first-order chi connectivity index (χ1) is 9.54. The Morgan fingerprint density at radius 2 is 2.15 bits per heavy atom. The number of amides is 1. The fourth-order valence-electron chi connectivity index (χ4n) is 1.73. The molecule has 1 aromatic carbocycles. The quantitative estimate of drug-likeness (QED) is 0.823. The Hall–Kier alpha value is -1.27. The van der Waals surface area contributed by atoms with Gasteiger partial charge in [-0.1, -0.05) is 0 Å². The first kappa shape index (κ1) is 16.8. The van der Waals surface area contributed by atoms with Crippen molar-refractivity contribution in [2.24, 2.45) is 0 Å². The van der Waals surface area contributed by atoms with Crippen molar-refractivity contribution < 1.29 is 14.3 Å². The maximum atomic E-state index is 12.3. The van der Waals surface area contributed by atoms with Crippen LogP contribution in [0.1, 0.15) is 17.3 Å². The summed E-state index contributed by atoms with van der Waals surface area (Å²) in [7, 11) is 5.19. The van der Waals surface area contributed by atoms with Gasteiger partial charge in [0.15, 0.2) is 11.5 Å². The highest BCUT2D eigenvalue weighted by Gasteiger charge is 2.17. The summed E-state index contributed by atoms with van der Waals surface area (Å²) in [6.45, 7) is 3.82. The van der Waals surface area contributed by atoms with Crippen molar-refractivity contribution in [3.8, 4) is 11.5 Å². The molecule has 5 nitrogen and oxygen atoms in total. The molecule has 0 aromatic heterocycles. The van der Waals surface area contributed by atoms with Crippen LogP contribution in [-0.2, 0) is 0 Å². The highest BCUT2D eigenvalue weighted by atomic mass is 79.9. The van der Waals surface area contributed by atoms with Crippen LogP contribution in [0.3, 0.4) is 0 Å². The van der Waals surface area contributed by atoms with Crippen molar-refractivity contribution >= 4 is 21.8 Å². The van der Waals surface area contributed by atoms with Gasteiger partial charge in [0.1, 0.15) is 0 Å². The number of nitrogens with one attached hydrogen (secondary N) is 1. The minimum absolute atomic E-state index is 0.0534. The average molecular weight is 345 g/mol. The summed E-state index contributed by atoms with van der Waals surface area (Å²) in [6.07, 6.45) is 0. The van der Waals surface area contributed by atoms with E-state index in [9.17, 15) is 4.79 Å². The number of hydrogen-bond acceptors (Lipinski definition) is 4. The molecule has 0 saturated heterocycles. The predicted molar refractivity (Wildman–Crippen MR) is 82.8 cm³/mol. The first-order valence-corrected chi connectivity index (χ1v) is 7.24. The summed E-state index contributed by atoms with van der Waals surface area (Å²) < 4.78 is 11.5. The topological polar surface area (TPSA) is 50.8 Å². The van der Waals surface area contributed by atoms with Gasteiger partial charge in [-0.2, -0.15) is 0 Å². The van der Waals surface area contributed by atoms with Crippen LogP contribution in [0.4, 0.5) is 0 Å². The maximum Gasteiger partial charge on any atom is 0.253 e. The van der Waals surface area contributed by atoms with Gasteiger partial charge in [0.25, 0.3) is 5.91 Å². The van der Waals surface area contributed by atoms with E-state index in [1.807, 2.05) is 14.0 Å². The van der Waals surface area contributed by atoms with Gasteiger partial charge in [-0.05, 0) is 42.0 Å². The summed E-state index contributed by atoms with van der Waals surface area (Å²) in [6, 6.07) is 3.46. The molecule has 112 valence electrons. The van der Waals surface area contributed by atoms with Crippen LogP contribution < -0.4 is 14.8 Å². The molecule has 0 heterocycles. The van der Waals surface area contributed by atoms with Gasteiger partial charge in [0.2, 0.25) is 0 Å². The van der Waals surface area contributed by atoms with Crippen LogP contribution in [0.5, 0.6) is 11.5 Å². The van der Waals surface area contributed by atoms with Crippen molar-refractivity contribution in [2.75, 3.05) is 40.9 Å². The molecule has 6 heteroatoms. The van der Waals surface area contributed by atoms with Crippen molar-refractivity contribution in [1.82, 2.24) is 10.2 Å². The van der Waals surface area contributed by atoms with Gasteiger partial charge in [0, 0.05) is 25.7 Å². The fourth-order valence-corrected chi connectivity index (χ4v) is 2.29. The molecule has 1 N–H and O–H groups in total. The van der Waals surface area contributed by atoms with E-state index >= 15 is 0 Å². The van der Waals surface area contributed by atoms with E-state index in [0.29, 0.717) is 34.7 Å². The summed E-state index contributed by atoms with van der Waals surface area (Å²) in [5, 5.41) is 3.02. The molecule has 0 bridgehead atoms. The monoisotopic (exact) mass is 344 g/mol. The average Bonchev–Trinajstić information content (AvgIpc) is 2.45. The number of halogens is 1. The van der Waals surface area contributed by atoms with Gasteiger partial charge in [-0.15, -0.1) is 0 Å². The van der Waals surface area contributed by atoms with E-state index in [2.05, 4.69) is 21.2 Å². The predicted octanol–water partition coefficient (Wildman–Crippen LogP) is 2.15. The highest BCUT2D eigenvalue weighted by Crippen LogP contribution is 2.36. The smallest absolute Gasteiger partial charge is 0.253 e. The van der Waals surface area contributed by atoms with Gasteiger partial charge < -0.3 is 19.7 Å². The Kier molecular flexibility index (Phi) is 6.81. The number of ether oxygens (including phenoxy) is 2. The van der Waals surface area contributed by atoms with Gasteiger partial charge in [0.05, 0.1) is 18.2 Å². The number of nitrogens with zero attached hydrogens (tertiary/aromatic N) is 1. The zero-order valence-corrected chi connectivity index (χ0v) is 13.9. The summed E-state index contributed by atoms with van der Waals surface area (Å²) in [4.78, 5) is 14.0. The second-order valence-corrected chi connectivity index (χ2v) is 5.11. The lowest BCUT2D eigenvalue weighted by atomic mass is 10.1. The lowest BCUT2D eigenvalue weighted by Crippen LogP contribution is -2.32. The second-order valence-electron chi connectivity index (χ2n) is 4.25. The number of benzene rings is 1. The second kappa shape index (κ2) is 8.11. The van der Waals surface area contributed by atoms with Crippen LogP contribution in [0.2, 0.25) is 0 Å². The third-order valence-corrected chi connectivity index (χ3v) is 3.40. The van der Waals surface area contributed by atoms with Crippen molar-refractivity contribution in [3.05, 3.63) is 22.2 Å². The van der Waals surface area contributed by atoms with Crippen molar-refractivity contribution in [1.29, 1.82) is 0 Å². The molecule has 0 atom stereocenters. The molecule has 1 amide bonds. The first-order valence-electron chi connectivity index (χ1n) is 6.45. The summed E-state index contributed by atoms with van der Waals surface area (Å²) in [5.41, 5.74) is 0.566. The van der Waals surface area contributed by atoms with Crippen LogP contribution in [0.25, 0.3) is 0 Å². The Labute approximate surface area is 128 Å². The van der Waals surface area contributed by atoms with Crippen molar-refractivity contribution in [2.45, 2.75) is 6.92 Å². The molecule has 0 fully saturated rings. The lowest BCUT2D eigenvalue weighted by Gasteiger charge is -2.18. The Morgan fingerprint density at radius 1 is 1.45 bits per heavy atom. The number of likely N-dealkylation sites (N-methyl/N-ethyl adjacent to an activating group) is 2. The van der Waals surface area contributed by atoms with Gasteiger partial charge in [-0.3, -0.25) is 4.79 Å². The normalized spacial score (nSPS) is 10.2. The van der Waals surface area contributed by atoms with E-state index in [4.69, 9.17) is 9.47 Å². The van der Waals surface area contributed by atoms with E-state index in [1.165, 1.54) is 0 Å². The third-order valence-electron chi connectivity index (χ3n) is 2.81. The molecule has 0 aliphatic heterocycles. The molecule has 0 unspecified atom stereocenters. The van der Waals surface area contributed by atoms with Gasteiger partial charge >= 0.3 is 0 Å². The Bertz CT molecular complexity index is 466. The fraction of sp³-hybridized carbons (Fsp3) is 0.500. The number of methoxy groups -OCH3 is 1. The molecule has 0 saturated carbocycles. The van der Waals surface area contributed by atoms with Crippen LogP contribution >= 0.6 is 15.9 Å². The molecule has 0 spiro atoms. The molecule has 1 aromatic rings. The zero-order valence-electron chi connectivity index (χ0n) is 12.3. The van der Waals surface area contributed by atoms with Crippen LogP contribution in [0.15, 0.2) is 16.6 Å².